The Hall–Kier alpha value is -2.57. The van der Waals surface area contributed by atoms with Crippen molar-refractivity contribution < 1.29 is 4.79 Å². The molecule has 0 bridgehead atoms. The number of nitrogens with one attached hydrogen (secondary N) is 1. The van der Waals surface area contributed by atoms with Crippen molar-refractivity contribution in [2.75, 3.05) is 33.2 Å². The number of benzene rings is 1. The van der Waals surface area contributed by atoms with E-state index in [2.05, 4.69) is 45.0 Å². The summed E-state index contributed by atoms with van der Waals surface area (Å²) in [5, 5.41) is 0. The van der Waals surface area contributed by atoms with Crippen molar-refractivity contribution in [3.63, 3.8) is 0 Å². The Balaban J connectivity index is 1.52. The smallest absolute Gasteiger partial charge is 0.171 e. The van der Waals surface area contributed by atoms with Crippen LogP contribution in [0.2, 0.25) is 0 Å². The number of H-pyrrole nitrogens is 1. The fourth-order valence-electron chi connectivity index (χ4n) is 5.32. The lowest BCUT2D eigenvalue weighted by Gasteiger charge is -2.32. The van der Waals surface area contributed by atoms with E-state index in [1.54, 1.807) is 6.20 Å². The molecule has 1 saturated carbocycles. The summed E-state index contributed by atoms with van der Waals surface area (Å²) < 4.78 is 0. The lowest BCUT2D eigenvalue weighted by Crippen LogP contribution is -2.43. The van der Waals surface area contributed by atoms with Gasteiger partial charge in [-0.1, -0.05) is 39.7 Å². The molecule has 1 aliphatic heterocycles. The first-order valence-electron chi connectivity index (χ1n) is 12.7. The molecule has 1 N–H and O–H groups in total. The highest BCUT2D eigenvalue weighted by molar-refractivity contribution is 6.08. The molecule has 5 rings (SSSR count). The monoisotopic (exact) mass is 459 g/mol. The van der Waals surface area contributed by atoms with E-state index in [0.29, 0.717) is 22.6 Å². The van der Waals surface area contributed by atoms with Crippen LogP contribution in [-0.4, -0.2) is 63.8 Å². The third-order valence-electron chi connectivity index (χ3n) is 7.45. The Labute approximate surface area is 202 Å². The summed E-state index contributed by atoms with van der Waals surface area (Å²) in [5.41, 5.74) is 6.23. The van der Waals surface area contributed by atoms with Crippen molar-refractivity contribution in [2.45, 2.75) is 58.9 Å². The predicted molar refractivity (Wildman–Crippen MR) is 137 cm³/mol. The number of piperazine rings is 1. The molecular formula is C28H37N5O. The highest BCUT2D eigenvalue weighted by Gasteiger charge is 2.27. The molecule has 0 radical (unpaired) electrons. The zero-order valence-electron chi connectivity index (χ0n) is 21.0. The van der Waals surface area contributed by atoms with Gasteiger partial charge in [0.15, 0.2) is 11.4 Å². The van der Waals surface area contributed by atoms with Crippen molar-refractivity contribution in [3.8, 4) is 11.3 Å². The Morgan fingerprint density at radius 2 is 1.82 bits per heavy atom. The molecule has 1 aromatic carbocycles. The van der Waals surface area contributed by atoms with Gasteiger partial charge in [-0.15, -0.1) is 0 Å². The first-order valence-corrected chi connectivity index (χ1v) is 12.7. The number of rotatable bonds is 5. The molecule has 0 spiro atoms. The van der Waals surface area contributed by atoms with Crippen LogP contribution in [0.15, 0.2) is 30.6 Å². The lowest BCUT2D eigenvalue weighted by atomic mass is 9.87. The second kappa shape index (κ2) is 9.23. The maximum atomic E-state index is 13.0. The molecule has 180 valence electrons. The molecular weight excluding hydrogens is 422 g/mol. The SMILES string of the molecule is CN1CCN(Cc2cc(-c3cnc4[nH]cc(C(=O)C(C)(C)C)c4n3)cc(C3CCCC3)c2)CC1. The van der Waals surface area contributed by atoms with Gasteiger partial charge in [0.1, 0.15) is 5.52 Å². The number of Topliss-reactive ketones (excluding diaryl/α,β-unsaturated/α-hetero) is 1. The Kier molecular flexibility index (Phi) is 6.30. The van der Waals surface area contributed by atoms with Crippen molar-refractivity contribution in [1.29, 1.82) is 0 Å². The van der Waals surface area contributed by atoms with E-state index in [-0.39, 0.29) is 5.78 Å². The van der Waals surface area contributed by atoms with Crippen LogP contribution in [0.5, 0.6) is 0 Å². The molecule has 3 heterocycles. The topological polar surface area (TPSA) is 65.1 Å². The van der Waals surface area contributed by atoms with Gasteiger partial charge in [0, 0.05) is 49.9 Å². The number of aromatic nitrogens is 3. The standard InChI is InChI=1S/C28H37N5O/c1-28(2,3)26(34)23-16-29-27-25(23)31-24(17-30-27)22-14-19(18-33-11-9-32(4)10-12-33)13-21(15-22)20-7-5-6-8-20/h13-17,20H,5-12,18H2,1-4H3,(H,29,30). The number of carbonyl (C=O) groups is 1. The maximum absolute atomic E-state index is 13.0. The number of likely N-dealkylation sites (N-methyl/N-ethyl adjacent to an activating group) is 1. The Bertz CT molecular complexity index is 1180. The van der Waals surface area contributed by atoms with Gasteiger partial charge in [0.25, 0.3) is 0 Å². The second-order valence-corrected chi connectivity index (χ2v) is 11.3. The molecule has 6 heteroatoms. The van der Waals surface area contributed by atoms with Gasteiger partial charge in [-0.2, -0.15) is 0 Å². The summed E-state index contributed by atoms with van der Waals surface area (Å²) in [7, 11) is 2.20. The number of fused-ring (bicyclic) bond motifs is 1. The molecule has 0 atom stereocenters. The van der Waals surface area contributed by atoms with Gasteiger partial charge in [0.05, 0.1) is 17.5 Å². The molecule has 6 nitrogen and oxygen atoms in total. The van der Waals surface area contributed by atoms with Crippen LogP contribution in [0, 0.1) is 5.41 Å². The van der Waals surface area contributed by atoms with E-state index in [4.69, 9.17) is 4.98 Å². The van der Waals surface area contributed by atoms with Crippen LogP contribution in [0.25, 0.3) is 22.4 Å². The van der Waals surface area contributed by atoms with E-state index in [1.165, 1.54) is 36.8 Å². The summed E-state index contributed by atoms with van der Waals surface area (Å²) >= 11 is 0. The van der Waals surface area contributed by atoms with Gasteiger partial charge in [-0.25, -0.2) is 9.97 Å². The molecule has 2 fully saturated rings. The largest absolute Gasteiger partial charge is 0.344 e. The highest BCUT2D eigenvalue weighted by atomic mass is 16.1. The highest BCUT2D eigenvalue weighted by Crippen LogP contribution is 2.37. The number of hydrogen-bond acceptors (Lipinski definition) is 5. The number of nitrogens with zero attached hydrogens (tertiary/aromatic N) is 4. The normalized spacial score (nSPS) is 18.7. The van der Waals surface area contributed by atoms with Crippen LogP contribution in [-0.2, 0) is 6.54 Å². The van der Waals surface area contributed by atoms with Crippen molar-refractivity contribution in [2.24, 2.45) is 5.41 Å². The van der Waals surface area contributed by atoms with Crippen LogP contribution in [0.4, 0.5) is 0 Å². The van der Waals surface area contributed by atoms with Gasteiger partial charge >= 0.3 is 0 Å². The Morgan fingerprint density at radius 3 is 2.53 bits per heavy atom. The molecule has 1 aliphatic carbocycles. The van der Waals surface area contributed by atoms with E-state index >= 15 is 0 Å². The summed E-state index contributed by atoms with van der Waals surface area (Å²) in [6, 6.07) is 7.02. The van der Waals surface area contributed by atoms with Crippen molar-refractivity contribution >= 4 is 16.9 Å². The minimum absolute atomic E-state index is 0.0839. The molecule has 3 aromatic rings. The van der Waals surface area contributed by atoms with Gasteiger partial charge in [-0.3, -0.25) is 9.69 Å². The van der Waals surface area contributed by atoms with E-state index in [9.17, 15) is 4.79 Å². The Morgan fingerprint density at radius 1 is 1.09 bits per heavy atom. The number of carbonyl (C=O) groups excluding carboxylic acids is 1. The van der Waals surface area contributed by atoms with Crippen molar-refractivity contribution in [3.05, 3.63) is 47.3 Å². The summed E-state index contributed by atoms with van der Waals surface area (Å²) in [6.07, 6.45) is 8.77. The minimum Gasteiger partial charge on any atom is -0.344 e. The fraction of sp³-hybridized carbons (Fsp3) is 0.536. The van der Waals surface area contributed by atoms with Gasteiger partial charge in [0.2, 0.25) is 0 Å². The molecule has 2 aromatic heterocycles. The summed E-state index contributed by atoms with van der Waals surface area (Å²) in [4.78, 5) is 30.7. The van der Waals surface area contributed by atoms with Crippen LogP contribution in [0.3, 0.4) is 0 Å². The number of ketones is 1. The second-order valence-electron chi connectivity index (χ2n) is 11.3. The van der Waals surface area contributed by atoms with Crippen molar-refractivity contribution in [1.82, 2.24) is 24.8 Å². The zero-order valence-corrected chi connectivity index (χ0v) is 21.0. The molecule has 0 unspecified atom stereocenters. The van der Waals surface area contributed by atoms with E-state index < -0.39 is 5.41 Å². The number of aromatic amines is 1. The minimum atomic E-state index is -0.467. The predicted octanol–water partition coefficient (Wildman–Crippen LogP) is 5.26. The van der Waals surface area contributed by atoms with Gasteiger partial charge < -0.3 is 9.88 Å². The molecule has 34 heavy (non-hydrogen) atoms. The average molecular weight is 460 g/mol. The zero-order chi connectivity index (χ0) is 23.9. The quantitative estimate of drug-likeness (QED) is 0.527. The van der Waals surface area contributed by atoms with E-state index in [0.717, 1.165) is 44.0 Å². The number of hydrogen-bond donors (Lipinski definition) is 1. The van der Waals surface area contributed by atoms with Crippen LogP contribution >= 0.6 is 0 Å². The molecule has 0 amide bonds. The van der Waals surface area contributed by atoms with Crippen LogP contribution in [0.1, 0.15) is 73.9 Å². The molecule has 1 saturated heterocycles. The summed E-state index contributed by atoms with van der Waals surface area (Å²) in [6.45, 7) is 11.3. The third kappa shape index (κ3) is 4.80. The maximum Gasteiger partial charge on any atom is 0.171 e. The first-order chi connectivity index (χ1) is 16.3. The first kappa shape index (κ1) is 23.2. The van der Waals surface area contributed by atoms with E-state index in [1.807, 2.05) is 27.0 Å². The molecule has 2 aliphatic rings. The average Bonchev–Trinajstić information content (AvgIpc) is 3.49. The van der Waals surface area contributed by atoms with Gasteiger partial charge in [-0.05, 0) is 49.1 Å². The third-order valence-corrected chi connectivity index (χ3v) is 7.45. The fourth-order valence-corrected chi connectivity index (χ4v) is 5.32. The summed E-state index contributed by atoms with van der Waals surface area (Å²) in [5.74, 6) is 0.717. The lowest BCUT2D eigenvalue weighted by molar-refractivity contribution is 0.0860. The van der Waals surface area contributed by atoms with Crippen LogP contribution < -0.4 is 0 Å².